The molecular formula is C23H27FN2O3. The Morgan fingerprint density at radius 3 is 2.34 bits per heavy atom. The van der Waals surface area contributed by atoms with E-state index >= 15 is 0 Å². The van der Waals surface area contributed by atoms with Gasteiger partial charge >= 0.3 is 0 Å². The van der Waals surface area contributed by atoms with Gasteiger partial charge in [0.25, 0.3) is 0 Å². The Balaban J connectivity index is 1.34. The van der Waals surface area contributed by atoms with Crippen LogP contribution in [0.15, 0.2) is 48.5 Å². The van der Waals surface area contributed by atoms with Crippen LogP contribution >= 0.6 is 0 Å². The first kappa shape index (κ1) is 21.0. The first-order valence-electron chi connectivity index (χ1n) is 10.0. The van der Waals surface area contributed by atoms with Crippen LogP contribution in [0.2, 0.25) is 0 Å². The van der Waals surface area contributed by atoms with Crippen molar-refractivity contribution in [2.45, 2.75) is 26.2 Å². The fraction of sp³-hybridized carbons (Fsp3) is 0.391. The molecule has 1 heterocycles. The third-order valence-corrected chi connectivity index (χ3v) is 5.15. The average molecular weight is 398 g/mol. The molecule has 1 saturated heterocycles. The number of ether oxygens (including phenoxy) is 1. The molecule has 3 rings (SSSR count). The number of rotatable bonds is 8. The number of likely N-dealkylation sites (tertiary alicyclic amines) is 1. The summed E-state index contributed by atoms with van der Waals surface area (Å²) in [6.45, 7) is 4.81. The second-order valence-corrected chi connectivity index (χ2v) is 7.39. The van der Waals surface area contributed by atoms with Crippen LogP contribution < -0.4 is 10.1 Å². The van der Waals surface area contributed by atoms with E-state index in [9.17, 15) is 14.0 Å². The van der Waals surface area contributed by atoms with Crippen molar-refractivity contribution in [1.82, 2.24) is 4.90 Å². The monoisotopic (exact) mass is 398 g/mol. The zero-order valence-corrected chi connectivity index (χ0v) is 16.7. The maximum absolute atomic E-state index is 13.0. The second-order valence-electron chi connectivity index (χ2n) is 7.39. The van der Waals surface area contributed by atoms with E-state index in [1.165, 1.54) is 19.1 Å². The normalized spacial score (nSPS) is 15.1. The van der Waals surface area contributed by atoms with E-state index < -0.39 is 0 Å². The molecular weight excluding hydrogens is 371 g/mol. The Bertz CT molecular complexity index is 813. The van der Waals surface area contributed by atoms with Gasteiger partial charge in [0.05, 0.1) is 6.61 Å². The molecule has 2 aromatic carbocycles. The summed E-state index contributed by atoms with van der Waals surface area (Å²) < 4.78 is 18.8. The first-order chi connectivity index (χ1) is 14.0. The van der Waals surface area contributed by atoms with Crippen molar-refractivity contribution in [3.05, 3.63) is 59.9 Å². The summed E-state index contributed by atoms with van der Waals surface area (Å²) in [5.41, 5.74) is 1.35. The van der Waals surface area contributed by atoms with Crippen LogP contribution in [0.25, 0.3) is 0 Å². The van der Waals surface area contributed by atoms with Crippen molar-refractivity contribution in [2.24, 2.45) is 5.92 Å². The molecule has 6 heteroatoms. The van der Waals surface area contributed by atoms with Crippen LogP contribution in [-0.2, 0) is 4.79 Å². The number of hydrogen-bond acceptors (Lipinski definition) is 4. The summed E-state index contributed by atoms with van der Waals surface area (Å²) in [5, 5.41) is 2.72. The molecule has 2 aromatic rings. The molecule has 1 aliphatic heterocycles. The molecule has 0 saturated carbocycles. The highest BCUT2D eigenvalue weighted by Gasteiger charge is 2.25. The second kappa shape index (κ2) is 10.2. The van der Waals surface area contributed by atoms with Gasteiger partial charge < -0.3 is 15.0 Å². The van der Waals surface area contributed by atoms with Crippen LogP contribution in [0.5, 0.6) is 5.75 Å². The van der Waals surface area contributed by atoms with Crippen LogP contribution in [0.3, 0.4) is 0 Å². The number of anilines is 1. The molecule has 154 valence electrons. The smallest absolute Gasteiger partial charge is 0.221 e. The van der Waals surface area contributed by atoms with Crippen LogP contribution in [-0.4, -0.2) is 42.8 Å². The Morgan fingerprint density at radius 1 is 1.07 bits per heavy atom. The Labute approximate surface area is 170 Å². The fourth-order valence-electron chi connectivity index (χ4n) is 3.58. The van der Waals surface area contributed by atoms with Gasteiger partial charge in [-0.3, -0.25) is 9.59 Å². The summed E-state index contributed by atoms with van der Waals surface area (Å²) in [6.07, 6.45) is 2.58. The van der Waals surface area contributed by atoms with Crippen LogP contribution in [0.4, 0.5) is 10.1 Å². The number of piperidine rings is 1. The van der Waals surface area contributed by atoms with E-state index in [4.69, 9.17) is 4.74 Å². The quantitative estimate of drug-likeness (QED) is 0.536. The van der Waals surface area contributed by atoms with Gasteiger partial charge in [-0.2, -0.15) is 0 Å². The highest BCUT2D eigenvalue weighted by Crippen LogP contribution is 2.22. The largest absolute Gasteiger partial charge is 0.494 e. The lowest BCUT2D eigenvalue weighted by molar-refractivity contribution is -0.114. The van der Waals surface area contributed by atoms with Gasteiger partial charge in [-0.15, -0.1) is 0 Å². The van der Waals surface area contributed by atoms with Crippen molar-refractivity contribution >= 4 is 17.4 Å². The number of hydrogen-bond donors (Lipinski definition) is 1. The Morgan fingerprint density at radius 2 is 1.72 bits per heavy atom. The van der Waals surface area contributed by atoms with Crippen molar-refractivity contribution in [1.29, 1.82) is 0 Å². The van der Waals surface area contributed by atoms with Crippen molar-refractivity contribution in [3.63, 3.8) is 0 Å². The summed E-state index contributed by atoms with van der Waals surface area (Å²) >= 11 is 0. The SMILES string of the molecule is CC(=O)Nc1ccc(OCCCN2CCC(C(=O)c3ccc(F)cc3)CC2)cc1. The first-order valence-corrected chi connectivity index (χ1v) is 10.0. The number of Topliss-reactive ketones (excluding diaryl/α,β-unsaturated/α-hetero) is 1. The minimum atomic E-state index is -0.317. The van der Waals surface area contributed by atoms with Crippen LogP contribution in [0.1, 0.15) is 36.5 Å². The number of benzene rings is 2. The molecule has 0 bridgehead atoms. The molecule has 1 fully saturated rings. The van der Waals surface area contributed by atoms with Crippen molar-refractivity contribution < 1.29 is 18.7 Å². The third kappa shape index (κ3) is 6.39. The van der Waals surface area contributed by atoms with Gasteiger partial charge in [-0.05, 0) is 80.9 Å². The number of nitrogens with one attached hydrogen (secondary N) is 1. The van der Waals surface area contributed by atoms with Gasteiger partial charge in [0.1, 0.15) is 11.6 Å². The lowest BCUT2D eigenvalue weighted by atomic mass is 9.89. The molecule has 0 spiro atoms. The molecule has 1 N–H and O–H groups in total. The summed E-state index contributed by atoms with van der Waals surface area (Å²) in [5.74, 6) is 0.512. The standard InChI is InChI=1S/C23H27FN2O3/c1-17(27)25-21-7-9-22(10-8-21)29-16-2-13-26-14-11-19(12-15-26)23(28)18-3-5-20(24)6-4-18/h3-10,19H,2,11-16H2,1H3,(H,25,27). The topological polar surface area (TPSA) is 58.6 Å². The number of carbonyl (C=O) groups is 2. The minimum absolute atomic E-state index is 0.0232. The predicted molar refractivity (Wildman–Crippen MR) is 111 cm³/mol. The zero-order valence-electron chi connectivity index (χ0n) is 16.7. The molecule has 0 unspecified atom stereocenters. The number of amides is 1. The molecule has 1 amide bonds. The van der Waals surface area contributed by atoms with Crippen molar-refractivity contribution in [2.75, 3.05) is 31.6 Å². The lowest BCUT2D eigenvalue weighted by Crippen LogP contribution is -2.37. The van der Waals surface area contributed by atoms with E-state index in [1.54, 1.807) is 12.1 Å². The molecule has 0 aliphatic carbocycles. The van der Waals surface area contributed by atoms with E-state index in [-0.39, 0.29) is 23.4 Å². The maximum atomic E-state index is 13.0. The van der Waals surface area contributed by atoms with E-state index in [0.29, 0.717) is 12.2 Å². The molecule has 5 nitrogen and oxygen atoms in total. The summed E-state index contributed by atoms with van der Waals surface area (Å²) in [6, 6.07) is 13.2. The van der Waals surface area contributed by atoms with Gasteiger partial charge in [0.15, 0.2) is 5.78 Å². The van der Waals surface area contributed by atoms with Crippen LogP contribution in [0, 0.1) is 11.7 Å². The van der Waals surface area contributed by atoms with Gasteiger partial charge in [-0.25, -0.2) is 4.39 Å². The lowest BCUT2D eigenvalue weighted by Gasteiger charge is -2.31. The maximum Gasteiger partial charge on any atom is 0.221 e. The summed E-state index contributed by atoms with van der Waals surface area (Å²) in [4.78, 5) is 25.9. The van der Waals surface area contributed by atoms with Crippen molar-refractivity contribution in [3.8, 4) is 5.75 Å². The highest BCUT2D eigenvalue weighted by molar-refractivity contribution is 5.97. The minimum Gasteiger partial charge on any atom is -0.494 e. The summed E-state index contributed by atoms with van der Waals surface area (Å²) in [7, 11) is 0. The fourth-order valence-corrected chi connectivity index (χ4v) is 3.58. The number of carbonyl (C=O) groups excluding carboxylic acids is 2. The number of nitrogens with zero attached hydrogens (tertiary/aromatic N) is 1. The third-order valence-electron chi connectivity index (χ3n) is 5.15. The van der Waals surface area contributed by atoms with Gasteiger partial charge in [-0.1, -0.05) is 0 Å². The molecule has 0 radical (unpaired) electrons. The molecule has 29 heavy (non-hydrogen) atoms. The molecule has 1 aliphatic rings. The molecule has 0 atom stereocenters. The Kier molecular flexibility index (Phi) is 7.36. The van der Waals surface area contributed by atoms with E-state index in [1.807, 2.05) is 24.3 Å². The highest BCUT2D eigenvalue weighted by atomic mass is 19.1. The van der Waals surface area contributed by atoms with E-state index in [0.717, 1.165) is 50.3 Å². The van der Waals surface area contributed by atoms with Gasteiger partial charge in [0, 0.05) is 30.6 Å². The van der Waals surface area contributed by atoms with Gasteiger partial charge in [0.2, 0.25) is 5.91 Å². The predicted octanol–water partition coefficient (Wildman–Crippen LogP) is 4.15. The molecule has 0 aromatic heterocycles. The Hall–Kier alpha value is -2.73. The average Bonchev–Trinajstić information content (AvgIpc) is 2.72. The number of halogens is 1. The van der Waals surface area contributed by atoms with E-state index in [2.05, 4.69) is 10.2 Å². The zero-order chi connectivity index (χ0) is 20.6. The number of ketones is 1.